The Morgan fingerprint density at radius 3 is 2.91 bits per heavy atom. The van der Waals surface area contributed by atoms with Crippen molar-refractivity contribution in [3.8, 4) is 5.88 Å². The van der Waals surface area contributed by atoms with Crippen LogP contribution in [0.5, 0.6) is 5.88 Å². The maximum absolute atomic E-state index is 5.48. The van der Waals surface area contributed by atoms with E-state index in [4.69, 9.17) is 4.74 Å². The third-order valence-electron chi connectivity index (χ3n) is 1.27. The number of thiazole rings is 1. The Morgan fingerprint density at radius 2 is 2.36 bits per heavy atom. The Morgan fingerprint density at radius 1 is 1.64 bits per heavy atom. The number of ether oxygens (including phenoxy) is 1. The predicted molar refractivity (Wildman–Crippen MR) is 47.3 cm³/mol. The van der Waals surface area contributed by atoms with Gasteiger partial charge in [0.05, 0.1) is 16.5 Å². The highest BCUT2D eigenvalue weighted by Gasteiger charge is 2.05. The minimum atomic E-state index is 0.224. The lowest BCUT2D eigenvalue weighted by Crippen LogP contribution is -2.06. The Hall–Kier alpha value is -0.570. The molecule has 1 aromatic rings. The van der Waals surface area contributed by atoms with Gasteiger partial charge in [-0.1, -0.05) is 6.92 Å². The van der Waals surface area contributed by atoms with E-state index < -0.39 is 0 Å². The van der Waals surface area contributed by atoms with Crippen molar-refractivity contribution in [1.82, 2.24) is 4.98 Å². The van der Waals surface area contributed by atoms with E-state index in [9.17, 15) is 0 Å². The first-order valence-corrected chi connectivity index (χ1v) is 4.71. The van der Waals surface area contributed by atoms with Gasteiger partial charge in [0.25, 0.3) is 0 Å². The molecular formula is C8H13NOS. The average molecular weight is 171 g/mol. The minimum Gasteiger partial charge on any atom is -0.474 e. The van der Waals surface area contributed by atoms with Gasteiger partial charge in [0.2, 0.25) is 5.88 Å². The molecular weight excluding hydrogens is 158 g/mol. The quantitative estimate of drug-likeness (QED) is 0.697. The van der Waals surface area contributed by atoms with Crippen LogP contribution in [-0.4, -0.2) is 11.1 Å². The molecule has 1 aromatic heterocycles. The number of rotatable bonds is 3. The Bertz CT molecular complexity index is 220. The largest absolute Gasteiger partial charge is 0.474 e. The van der Waals surface area contributed by atoms with Crippen molar-refractivity contribution in [2.24, 2.45) is 0 Å². The van der Waals surface area contributed by atoms with Crippen LogP contribution in [0.2, 0.25) is 0 Å². The van der Waals surface area contributed by atoms with E-state index in [-0.39, 0.29) is 6.10 Å². The lowest BCUT2D eigenvalue weighted by molar-refractivity contribution is 0.232. The summed E-state index contributed by atoms with van der Waals surface area (Å²) in [6.45, 7) is 6.14. The molecule has 1 rings (SSSR count). The third-order valence-corrected chi connectivity index (χ3v) is 2.23. The zero-order valence-corrected chi connectivity index (χ0v) is 7.94. The second-order valence-electron chi connectivity index (χ2n) is 2.60. The lowest BCUT2D eigenvalue weighted by Gasteiger charge is -2.07. The SMILES string of the molecule is CCc1scnc1OC(C)C. The van der Waals surface area contributed by atoms with Crippen molar-refractivity contribution in [1.29, 1.82) is 0 Å². The zero-order valence-electron chi connectivity index (χ0n) is 7.13. The summed E-state index contributed by atoms with van der Waals surface area (Å²) in [6, 6.07) is 0. The van der Waals surface area contributed by atoms with Crippen LogP contribution >= 0.6 is 11.3 Å². The van der Waals surface area contributed by atoms with Crippen molar-refractivity contribution in [2.45, 2.75) is 33.3 Å². The van der Waals surface area contributed by atoms with E-state index in [2.05, 4.69) is 11.9 Å². The van der Waals surface area contributed by atoms with Crippen LogP contribution in [-0.2, 0) is 6.42 Å². The first-order chi connectivity index (χ1) is 5.24. The molecule has 11 heavy (non-hydrogen) atoms. The molecule has 0 N–H and O–H groups in total. The molecule has 0 aromatic carbocycles. The van der Waals surface area contributed by atoms with Gasteiger partial charge in [-0.25, -0.2) is 4.98 Å². The summed E-state index contributed by atoms with van der Waals surface area (Å²) in [5, 5.41) is 0. The van der Waals surface area contributed by atoms with Gasteiger partial charge in [0, 0.05) is 0 Å². The molecule has 0 radical (unpaired) electrons. The minimum absolute atomic E-state index is 0.224. The molecule has 0 aliphatic rings. The lowest BCUT2D eigenvalue weighted by atomic mass is 10.4. The van der Waals surface area contributed by atoms with Crippen LogP contribution in [0.25, 0.3) is 0 Å². The van der Waals surface area contributed by atoms with Gasteiger partial charge in [-0.3, -0.25) is 0 Å². The van der Waals surface area contributed by atoms with Gasteiger partial charge >= 0.3 is 0 Å². The van der Waals surface area contributed by atoms with E-state index in [1.165, 1.54) is 4.88 Å². The van der Waals surface area contributed by atoms with Gasteiger partial charge in [-0.15, -0.1) is 11.3 Å². The topological polar surface area (TPSA) is 22.1 Å². The van der Waals surface area contributed by atoms with Crippen LogP contribution in [0, 0.1) is 0 Å². The van der Waals surface area contributed by atoms with Crippen molar-refractivity contribution < 1.29 is 4.74 Å². The summed E-state index contributed by atoms with van der Waals surface area (Å²) in [6.07, 6.45) is 1.23. The molecule has 1 heterocycles. The standard InChI is InChI=1S/C8H13NOS/c1-4-7-8(9-5-11-7)10-6(2)3/h5-6H,4H2,1-3H3. The van der Waals surface area contributed by atoms with E-state index in [0.29, 0.717) is 0 Å². The first-order valence-electron chi connectivity index (χ1n) is 3.83. The highest BCUT2D eigenvalue weighted by Crippen LogP contribution is 2.22. The van der Waals surface area contributed by atoms with E-state index in [0.717, 1.165) is 12.3 Å². The molecule has 0 saturated carbocycles. The number of hydrogen-bond donors (Lipinski definition) is 0. The molecule has 0 saturated heterocycles. The first kappa shape index (κ1) is 8.53. The van der Waals surface area contributed by atoms with Crippen LogP contribution in [0.3, 0.4) is 0 Å². The third kappa shape index (κ3) is 2.19. The normalized spacial score (nSPS) is 10.5. The number of aryl methyl sites for hydroxylation is 1. The Kier molecular flexibility index (Phi) is 2.88. The molecule has 0 amide bonds. The highest BCUT2D eigenvalue weighted by atomic mass is 32.1. The van der Waals surface area contributed by atoms with E-state index in [1.807, 2.05) is 19.4 Å². The van der Waals surface area contributed by atoms with Crippen LogP contribution in [0.1, 0.15) is 25.6 Å². The monoisotopic (exact) mass is 171 g/mol. The van der Waals surface area contributed by atoms with Gasteiger partial charge in [-0.2, -0.15) is 0 Å². The number of hydrogen-bond acceptors (Lipinski definition) is 3. The molecule has 0 aliphatic carbocycles. The maximum atomic E-state index is 5.48. The molecule has 3 heteroatoms. The van der Waals surface area contributed by atoms with Gasteiger partial charge < -0.3 is 4.74 Å². The van der Waals surface area contributed by atoms with Crippen LogP contribution in [0.4, 0.5) is 0 Å². The summed E-state index contributed by atoms with van der Waals surface area (Å²) in [7, 11) is 0. The van der Waals surface area contributed by atoms with Crippen molar-refractivity contribution in [2.75, 3.05) is 0 Å². The number of aromatic nitrogens is 1. The van der Waals surface area contributed by atoms with Crippen molar-refractivity contribution >= 4 is 11.3 Å². The summed E-state index contributed by atoms with van der Waals surface area (Å²) in [5.41, 5.74) is 1.83. The fourth-order valence-corrected chi connectivity index (χ4v) is 1.46. The molecule has 62 valence electrons. The van der Waals surface area contributed by atoms with Crippen LogP contribution < -0.4 is 4.74 Å². The fourth-order valence-electron chi connectivity index (χ4n) is 0.814. The smallest absolute Gasteiger partial charge is 0.227 e. The average Bonchev–Trinajstić information content (AvgIpc) is 2.34. The van der Waals surface area contributed by atoms with E-state index in [1.54, 1.807) is 11.3 Å². The molecule has 0 unspecified atom stereocenters. The fraction of sp³-hybridized carbons (Fsp3) is 0.625. The Balaban J connectivity index is 2.68. The second-order valence-corrected chi connectivity index (χ2v) is 3.54. The summed E-state index contributed by atoms with van der Waals surface area (Å²) < 4.78 is 5.48. The van der Waals surface area contributed by atoms with Crippen LogP contribution in [0.15, 0.2) is 5.51 Å². The van der Waals surface area contributed by atoms with Gasteiger partial charge in [-0.05, 0) is 20.3 Å². The molecule has 0 aliphatic heterocycles. The molecule has 0 fully saturated rings. The summed E-state index contributed by atoms with van der Waals surface area (Å²) >= 11 is 1.66. The summed E-state index contributed by atoms with van der Waals surface area (Å²) in [5.74, 6) is 0.813. The summed E-state index contributed by atoms with van der Waals surface area (Å²) in [4.78, 5) is 5.36. The maximum Gasteiger partial charge on any atom is 0.227 e. The predicted octanol–water partition coefficient (Wildman–Crippen LogP) is 2.49. The van der Waals surface area contributed by atoms with Gasteiger partial charge in [0.15, 0.2) is 0 Å². The zero-order chi connectivity index (χ0) is 8.27. The molecule has 0 atom stereocenters. The molecule has 2 nitrogen and oxygen atoms in total. The number of nitrogens with zero attached hydrogens (tertiary/aromatic N) is 1. The second kappa shape index (κ2) is 3.72. The Labute approximate surface area is 71.2 Å². The van der Waals surface area contributed by atoms with E-state index >= 15 is 0 Å². The molecule has 0 spiro atoms. The van der Waals surface area contributed by atoms with Crippen molar-refractivity contribution in [3.05, 3.63) is 10.4 Å². The van der Waals surface area contributed by atoms with Crippen molar-refractivity contribution in [3.63, 3.8) is 0 Å². The van der Waals surface area contributed by atoms with Gasteiger partial charge in [0.1, 0.15) is 0 Å². The molecule has 0 bridgehead atoms. The highest BCUT2D eigenvalue weighted by molar-refractivity contribution is 7.09.